The van der Waals surface area contributed by atoms with Crippen molar-refractivity contribution in [2.24, 2.45) is 5.92 Å². The van der Waals surface area contributed by atoms with Crippen LogP contribution in [-0.4, -0.2) is 43.0 Å². The fraction of sp³-hybridized carbons (Fsp3) is 0.500. The highest BCUT2D eigenvalue weighted by Gasteiger charge is 2.41. The number of nitriles is 1. The molecule has 7 heteroatoms. The van der Waals surface area contributed by atoms with Crippen LogP contribution in [0.2, 0.25) is 0 Å². The molecule has 1 N–H and O–H groups in total. The summed E-state index contributed by atoms with van der Waals surface area (Å²) < 4.78 is 1.84. The van der Waals surface area contributed by atoms with Crippen molar-refractivity contribution in [2.45, 2.75) is 63.5 Å². The maximum atomic E-state index is 10.5. The van der Waals surface area contributed by atoms with Crippen LogP contribution in [0.15, 0.2) is 36.8 Å². The summed E-state index contributed by atoms with van der Waals surface area (Å²) in [5.74, 6) is 1.73. The molecule has 2 aliphatic rings. The molecule has 1 saturated carbocycles. The second-order valence-electron chi connectivity index (χ2n) is 9.59. The molecule has 2 fully saturated rings. The van der Waals surface area contributed by atoms with Crippen LogP contribution in [0, 0.1) is 17.2 Å². The topological polar surface area (TPSA) is 90.9 Å². The number of benzene rings is 1. The molecule has 0 bridgehead atoms. The highest BCUT2D eigenvalue weighted by Crippen LogP contribution is 2.44. The molecule has 160 valence electrons. The van der Waals surface area contributed by atoms with E-state index in [-0.39, 0.29) is 17.4 Å². The molecular weight excluding hydrogens is 388 g/mol. The number of anilines is 1. The minimum absolute atomic E-state index is 0.179. The molecule has 7 nitrogen and oxygen atoms in total. The van der Waals surface area contributed by atoms with Crippen LogP contribution in [0.4, 0.5) is 5.82 Å². The fourth-order valence-corrected chi connectivity index (χ4v) is 5.31. The Morgan fingerprint density at radius 2 is 1.97 bits per heavy atom. The lowest BCUT2D eigenvalue weighted by Gasteiger charge is -2.35. The van der Waals surface area contributed by atoms with E-state index < -0.39 is 5.60 Å². The van der Waals surface area contributed by atoms with Crippen LogP contribution in [0.25, 0.3) is 16.7 Å². The molecule has 2 atom stereocenters. The number of aliphatic hydroxyl groups is 1. The first kappa shape index (κ1) is 20.0. The van der Waals surface area contributed by atoms with E-state index in [0.29, 0.717) is 5.82 Å². The molecule has 1 aromatic carbocycles. The Hall–Kier alpha value is -2.98. The maximum absolute atomic E-state index is 10.5. The molecule has 0 unspecified atom stereocenters. The van der Waals surface area contributed by atoms with Crippen molar-refractivity contribution in [3.8, 4) is 11.9 Å². The van der Waals surface area contributed by atoms with Gasteiger partial charge in [0.15, 0.2) is 5.82 Å². The zero-order chi connectivity index (χ0) is 21.8. The molecule has 1 aliphatic carbocycles. The first-order valence-corrected chi connectivity index (χ1v) is 11.0. The first-order valence-electron chi connectivity index (χ1n) is 11.0. The maximum Gasteiger partial charge on any atom is 0.159 e. The van der Waals surface area contributed by atoms with Crippen LogP contribution in [0.1, 0.15) is 52.0 Å². The molecule has 0 amide bonds. The summed E-state index contributed by atoms with van der Waals surface area (Å²) in [6, 6.07) is 10.9. The number of hydrogen-bond acceptors (Lipinski definition) is 6. The number of hydrogen-bond donors (Lipinski definition) is 1. The van der Waals surface area contributed by atoms with Gasteiger partial charge >= 0.3 is 0 Å². The van der Waals surface area contributed by atoms with Gasteiger partial charge in [-0.3, -0.25) is 0 Å². The van der Waals surface area contributed by atoms with Gasteiger partial charge in [-0.1, -0.05) is 12.1 Å². The van der Waals surface area contributed by atoms with E-state index in [0.717, 1.165) is 54.5 Å². The Bertz CT molecular complexity index is 1170. The SMILES string of the molecule is C[C@H]1[C@H](C(C)(C)O)CCN1c1cc(-n2ncc3ccc(C4(C#N)CCC4)cc32)ncn1. The molecule has 2 aromatic heterocycles. The Morgan fingerprint density at radius 1 is 1.19 bits per heavy atom. The minimum atomic E-state index is -0.725. The monoisotopic (exact) mass is 416 g/mol. The molecule has 3 aromatic rings. The number of fused-ring (bicyclic) bond motifs is 1. The van der Waals surface area contributed by atoms with Crippen molar-refractivity contribution in [2.75, 3.05) is 11.4 Å². The highest BCUT2D eigenvalue weighted by atomic mass is 16.3. The van der Waals surface area contributed by atoms with Gasteiger partial charge in [0.1, 0.15) is 12.1 Å². The lowest BCUT2D eigenvalue weighted by molar-refractivity contribution is 0.0156. The van der Waals surface area contributed by atoms with Crippen molar-refractivity contribution < 1.29 is 5.11 Å². The third kappa shape index (κ3) is 3.17. The van der Waals surface area contributed by atoms with Crippen LogP contribution < -0.4 is 4.90 Å². The van der Waals surface area contributed by atoms with E-state index in [2.05, 4.69) is 45.1 Å². The zero-order valence-corrected chi connectivity index (χ0v) is 18.3. The minimum Gasteiger partial charge on any atom is -0.390 e. The van der Waals surface area contributed by atoms with Gasteiger partial charge in [-0.25, -0.2) is 14.6 Å². The highest BCUT2D eigenvalue weighted by molar-refractivity contribution is 5.81. The van der Waals surface area contributed by atoms with E-state index in [4.69, 9.17) is 0 Å². The van der Waals surface area contributed by atoms with Gasteiger partial charge in [-0.2, -0.15) is 10.4 Å². The number of rotatable bonds is 4. The predicted octanol–water partition coefficient (Wildman–Crippen LogP) is 3.75. The number of aromatic nitrogens is 4. The van der Waals surface area contributed by atoms with E-state index in [9.17, 15) is 10.4 Å². The third-order valence-electron chi connectivity index (χ3n) is 7.36. The average Bonchev–Trinajstić information content (AvgIpc) is 3.31. The van der Waals surface area contributed by atoms with Crippen molar-refractivity contribution in [3.05, 3.63) is 42.4 Å². The van der Waals surface area contributed by atoms with Crippen molar-refractivity contribution in [1.29, 1.82) is 5.26 Å². The van der Waals surface area contributed by atoms with Gasteiger partial charge in [0.2, 0.25) is 0 Å². The van der Waals surface area contributed by atoms with Crippen LogP contribution in [0.5, 0.6) is 0 Å². The van der Waals surface area contributed by atoms with E-state index in [1.54, 1.807) is 6.33 Å². The van der Waals surface area contributed by atoms with Crippen LogP contribution in [-0.2, 0) is 5.41 Å². The Balaban J connectivity index is 1.51. The summed E-state index contributed by atoms with van der Waals surface area (Å²) in [4.78, 5) is 11.3. The molecule has 31 heavy (non-hydrogen) atoms. The fourth-order valence-electron chi connectivity index (χ4n) is 5.31. The van der Waals surface area contributed by atoms with Crippen molar-refractivity contribution >= 4 is 16.7 Å². The van der Waals surface area contributed by atoms with Gasteiger partial charge in [0.25, 0.3) is 0 Å². The third-order valence-corrected chi connectivity index (χ3v) is 7.36. The van der Waals surface area contributed by atoms with Gasteiger partial charge in [0.05, 0.1) is 28.8 Å². The van der Waals surface area contributed by atoms with Gasteiger partial charge in [-0.05, 0) is 58.1 Å². The van der Waals surface area contributed by atoms with Crippen molar-refractivity contribution in [3.63, 3.8) is 0 Å². The number of nitrogens with zero attached hydrogens (tertiary/aromatic N) is 6. The van der Waals surface area contributed by atoms with E-state index in [1.165, 1.54) is 0 Å². The predicted molar refractivity (Wildman–Crippen MR) is 119 cm³/mol. The summed E-state index contributed by atoms with van der Waals surface area (Å²) in [6.45, 7) is 6.76. The molecule has 0 spiro atoms. The molecule has 1 saturated heterocycles. The van der Waals surface area contributed by atoms with E-state index in [1.807, 2.05) is 36.9 Å². The lowest BCUT2D eigenvalue weighted by Crippen LogP contribution is -2.40. The molecule has 3 heterocycles. The summed E-state index contributed by atoms with van der Waals surface area (Å²) in [7, 11) is 0. The summed E-state index contributed by atoms with van der Waals surface area (Å²) >= 11 is 0. The molecule has 0 radical (unpaired) electrons. The molecule has 5 rings (SSSR count). The smallest absolute Gasteiger partial charge is 0.159 e. The van der Waals surface area contributed by atoms with Crippen LogP contribution in [0.3, 0.4) is 0 Å². The van der Waals surface area contributed by atoms with E-state index >= 15 is 0 Å². The second kappa shape index (κ2) is 7.03. The van der Waals surface area contributed by atoms with Gasteiger partial charge in [-0.15, -0.1) is 0 Å². The Labute approximate surface area is 182 Å². The van der Waals surface area contributed by atoms with Gasteiger partial charge < -0.3 is 10.0 Å². The van der Waals surface area contributed by atoms with Crippen molar-refractivity contribution in [1.82, 2.24) is 19.7 Å². The van der Waals surface area contributed by atoms with Gasteiger partial charge in [0, 0.05) is 30.0 Å². The molecule has 1 aliphatic heterocycles. The molecular formula is C24H28N6O. The van der Waals surface area contributed by atoms with Crippen LogP contribution >= 0.6 is 0 Å². The quantitative estimate of drug-likeness (QED) is 0.697. The zero-order valence-electron chi connectivity index (χ0n) is 18.3. The summed E-state index contributed by atoms with van der Waals surface area (Å²) in [6.07, 6.45) is 7.26. The Morgan fingerprint density at radius 3 is 2.61 bits per heavy atom. The lowest BCUT2D eigenvalue weighted by atomic mass is 9.65. The standard InChI is InChI=1S/C24H28N6O/c1-16-19(23(2,3)31)7-10-29(16)21-12-22(27-15-26-21)30-20-11-18(6-5-17(20)13-28-30)24(14-25)8-4-9-24/h5-6,11-13,15-16,19,31H,4,7-10H2,1-3H3/t16-,19+/m0/s1. The summed E-state index contributed by atoms with van der Waals surface area (Å²) in [5, 5.41) is 25.9. The average molecular weight is 417 g/mol. The largest absolute Gasteiger partial charge is 0.390 e. The Kier molecular flexibility index (Phi) is 4.52. The normalized spacial score (nSPS) is 23.0. The second-order valence-corrected chi connectivity index (χ2v) is 9.59. The summed E-state index contributed by atoms with van der Waals surface area (Å²) in [5.41, 5.74) is 0.923. The first-order chi connectivity index (χ1) is 14.8.